The number of benzene rings is 1. The summed E-state index contributed by atoms with van der Waals surface area (Å²) in [6, 6.07) is 9.10. The highest BCUT2D eigenvalue weighted by molar-refractivity contribution is 6.74. The molecule has 0 radical (unpaired) electrons. The highest BCUT2D eigenvalue weighted by Gasteiger charge is 2.37. The summed E-state index contributed by atoms with van der Waals surface area (Å²) in [4.78, 5) is 23.7. The maximum absolute atomic E-state index is 11.7. The van der Waals surface area contributed by atoms with E-state index in [1.807, 2.05) is 12.1 Å². The number of carbonyl (C=O) groups is 1. The molecule has 0 unspecified atom stereocenters. The summed E-state index contributed by atoms with van der Waals surface area (Å²) in [7, 11) is -0.455. The van der Waals surface area contributed by atoms with Crippen molar-refractivity contribution in [1.29, 1.82) is 0 Å². The summed E-state index contributed by atoms with van der Waals surface area (Å²) in [5.74, 6) is 0.845. The van der Waals surface area contributed by atoms with Gasteiger partial charge >= 0.3 is 5.97 Å². The van der Waals surface area contributed by atoms with Crippen LogP contribution in [0.5, 0.6) is 0 Å². The third-order valence-electron chi connectivity index (χ3n) is 5.38. The first-order valence-electron chi connectivity index (χ1n) is 9.53. The molecular weight excluding hydrogens is 384 g/mol. The fourth-order valence-electron chi connectivity index (χ4n) is 2.55. The summed E-state index contributed by atoms with van der Waals surface area (Å²) in [6.07, 6.45) is 1.75. The number of H-pyrrole nitrogens is 1. The number of rotatable bonds is 6. The van der Waals surface area contributed by atoms with E-state index in [9.17, 15) is 4.79 Å². The van der Waals surface area contributed by atoms with Crippen molar-refractivity contribution in [3.05, 3.63) is 47.7 Å². The quantitative estimate of drug-likeness (QED) is 0.437. The van der Waals surface area contributed by atoms with Gasteiger partial charge in [0.2, 0.25) is 5.95 Å². The Labute approximate surface area is 172 Å². The summed E-state index contributed by atoms with van der Waals surface area (Å²) in [6.45, 7) is 11.7. The number of esters is 1. The van der Waals surface area contributed by atoms with Crippen molar-refractivity contribution < 1.29 is 14.0 Å². The van der Waals surface area contributed by atoms with Crippen LogP contribution in [0.4, 0.5) is 11.8 Å². The molecule has 2 N–H and O–H groups in total. The van der Waals surface area contributed by atoms with Gasteiger partial charge in [0.15, 0.2) is 8.32 Å². The standard InChI is InChI=1S/C21H28N4O3Si/c1-21(2,3)29(5,6)28-13-14-9-10-22-18(11-14)25-20-23-16-8-7-15(19(26)27-4)12-17(16)24-20/h7-12H,13H2,1-6H3,(H2,22,23,24,25). The number of aromatic nitrogens is 3. The Bertz CT molecular complexity index is 1020. The Morgan fingerprint density at radius 2 is 1.97 bits per heavy atom. The molecule has 0 aliphatic heterocycles. The third kappa shape index (κ3) is 4.83. The first-order valence-corrected chi connectivity index (χ1v) is 12.4. The van der Waals surface area contributed by atoms with E-state index in [1.165, 1.54) is 7.11 Å². The van der Waals surface area contributed by atoms with Gasteiger partial charge in [-0.05, 0) is 54.0 Å². The Kier molecular flexibility index (Phi) is 5.77. The molecule has 0 spiro atoms. The van der Waals surface area contributed by atoms with E-state index < -0.39 is 8.32 Å². The van der Waals surface area contributed by atoms with Crippen LogP contribution in [0, 0.1) is 0 Å². The number of aromatic amines is 1. The number of nitrogens with zero attached hydrogens (tertiary/aromatic N) is 2. The van der Waals surface area contributed by atoms with Crippen molar-refractivity contribution in [1.82, 2.24) is 15.0 Å². The predicted octanol–water partition coefficient (Wildman–Crippen LogP) is 5.01. The molecule has 0 fully saturated rings. The van der Waals surface area contributed by atoms with Crippen molar-refractivity contribution in [2.75, 3.05) is 12.4 Å². The Hall–Kier alpha value is -2.71. The smallest absolute Gasteiger partial charge is 0.337 e. The lowest BCUT2D eigenvalue weighted by Gasteiger charge is -2.36. The molecule has 0 saturated carbocycles. The molecular formula is C21H28N4O3Si. The van der Waals surface area contributed by atoms with Crippen molar-refractivity contribution >= 4 is 37.1 Å². The minimum absolute atomic E-state index is 0.165. The number of hydrogen-bond donors (Lipinski definition) is 2. The fourth-order valence-corrected chi connectivity index (χ4v) is 3.51. The molecule has 0 bridgehead atoms. The number of hydrogen-bond acceptors (Lipinski definition) is 6. The van der Waals surface area contributed by atoms with Gasteiger partial charge in [0.25, 0.3) is 0 Å². The van der Waals surface area contributed by atoms with Crippen molar-refractivity contribution in [3.8, 4) is 0 Å². The molecule has 7 nitrogen and oxygen atoms in total. The molecule has 2 aromatic heterocycles. The predicted molar refractivity (Wildman–Crippen MR) is 117 cm³/mol. The number of carbonyl (C=O) groups excluding carboxylic acids is 1. The van der Waals surface area contributed by atoms with E-state index in [4.69, 9.17) is 9.16 Å². The Morgan fingerprint density at radius 1 is 1.21 bits per heavy atom. The zero-order valence-corrected chi connectivity index (χ0v) is 18.8. The van der Waals surface area contributed by atoms with Gasteiger partial charge in [0.05, 0.1) is 30.3 Å². The number of pyridine rings is 1. The molecule has 0 saturated heterocycles. The van der Waals surface area contributed by atoms with E-state index in [0.29, 0.717) is 23.9 Å². The molecule has 1 aromatic carbocycles. The van der Waals surface area contributed by atoms with Crippen LogP contribution in [0.3, 0.4) is 0 Å². The van der Waals surface area contributed by atoms with Crippen molar-refractivity contribution in [3.63, 3.8) is 0 Å². The summed E-state index contributed by atoms with van der Waals surface area (Å²) < 4.78 is 11.1. The van der Waals surface area contributed by atoms with Gasteiger partial charge < -0.3 is 19.5 Å². The first-order chi connectivity index (χ1) is 13.6. The van der Waals surface area contributed by atoms with Crippen LogP contribution < -0.4 is 5.32 Å². The van der Waals surface area contributed by atoms with Gasteiger partial charge in [0, 0.05) is 6.20 Å². The van der Waals surface area contributed by atoms with E-state index in [0.717, 1.165) is 16.6 Å². The first kappa shape index (κ1) is 21.0. The molecule has 0 atom stereocenters. The van der Waals surface area contributed by atoms with Crippen LogP contribution in [-0.4, -0.2) is 36.3 Å². The Morgan fingerprint density at radius 3 is 2.66 bits per heavy atom. The molecule has 3 rings (SSSR count). The maximum Gasteiger partial charge on any atom is 0.337 e. The molecule has 8 heteroatoms. The second-order valence-corrected chi connectivity index (χ2v) is 13.3. The maximum atomic E-state index is 11.7. The minimum atomic E-state index is -1.82. The van der Waals surface area contributed by atoms with Crippen molar-refractivity contribution in [2.24, 2.45) is 0 Å². The highest BCUT2D eigenvalue weighted by atomic mass is 28.4. The zero-order chi connectivity index (χ0) is 21.2. The lowest BCUT2D eigenvalue weighted by molar-refractivity contribution is 0.0601. The number of ether oxygens (including phenoxy) is 1. The van der Waals surface area contributed by atoms with Crippen LogP contribution in [0.2, 0.25) is 18.1 Å². The molecule has 0 aliphatic rings. The minimum Gasteiger partial charge on any atom is -0.465 e. The van der Waals surface area contributed by atoms with E-state index in [1.54, 1.807) is 24.4 Å². The molecule has 0 amide bonds. The molecule has 154 valence electrons. The third-order valence-corrected chi connectivity index (χ3v) is 9.86. The number of methoxy groups -OCH3 is 1. The van der Waals surface area contributed by atoms with Crippen LogP contribution in [-0.2, 0) is 15.8 Å². The molecule has 3 aromatic rings. The van der Waals surface area contributed by atoms with Gasteiger partial charge in [-0.1, -0.05) is 20.8 Å². The van der Waals surface area contributed by atoms with Gasteiger partial charge in [-0.2, -0.15) is 0 Å². The lowest BCUT2D eigenvalue weighted by atomic mass is 10.2. The number of anilines is 2. The monoisotopic (exact) mass is 412 g/mol. The van der Waals surface area contributed by atoms with Gasteiger partial charge in [-0.25, -0.2) is 14.8 Å². The van der Waals surface area contributed by atoms with E-state index in [2.05, 4.69) is 54.1 Å². The Balaban J connectivity index is 1.74. The SMILES string of the molecule is COC(=O)c1ccc2nc(Nc3cc(CO[Si](C)(C)C(C)(C)C)ccn3)[nH]c2c1. The van der Waals surface area contributed by atoms with E-state index in [-0.39, 0.29) is 11.0 Å². The van der Waals surface area contributed by atoms with E-state index >= 15 is 0 Å². The average Bonchev–Trinajstić information content (AvgIpc) is 3.06. The summed E-state index contributed by atoms with van der Waals surface area (Å²) in [5.41, 5.74) is 3.01. The number of imidazole rings is 1. The van der Waals surface area contributed by atoms with Crippen LogP contribution in [0.15, 0.2) is 36.5 Å². The molecule has 29 heavy (non-hydrogen) atoms. The van der Waals surface area contributed by atoms with Gasteiger partial charge in [-0.3, -0.25) is 0 Å². The topological polar surface area (TPSA) is 89.1 Å². The largest absolute Gasteiger partial charge is 0.465 e. The molecule has 2 heterocycles. The normalized spacial score (nSPS) is 12.2. The van der Waals surface area contributed by atoms with Crippen LogP contribution >= 0.6 is 0 Å². The summed E-state index contributed by atoms with van der Waals surface area (Å²) in [5, 5.41) is 3.35. The van der Waals surface area contributed by atoms with Crippen LogP contribution in [0.1, 0.15) is 36.7 Å². The van der Waals surface area contributed by atoms with Crippen LogP contribution in [0.25, 0.3) is 11.0 Å². The molecule has 0 aliphatic carbocycles. The fraction of sp³-hybridized carbons (Fsp3) is 0.381. The second kappa shape index (κ2) is 7.96. The lowest BCUT2D eigenvalue weighted by Crippen LogP contribution is -2.40. The van der Waals surface area contributed by atoms with Crippen molar-refractivity contribution in [2.45, 2.75) is 45.5 Å². The second-order valence-electron chi connectivity index (χ2n) is 8.53. The highest BCUT2D eigenvalue weighted by Crippen LogP contribution is 2.37. The van der Waals surface area contributed by atoms with Gasteiger partial charge in [0.1, 0.15) is 5.82 Å². The summed E-state index contributed by atoms with van der Waals surface area (Å²) >= 11 is 0. The van der Waals surface area contributed by atoms with Gasteiger partial charge in [-0.15, -0.1) is 0 Å². The number of nitrogens with one attached hydrogen (secondary N) is 2. The average molecular weight is 413 g/mol. The number of fused-ring (bicyclic) bond motifs is 1. The zero-order valence-electron chi connectivity index (χ0n) is 17.8.